The maximum atomic E-state index is 8.35. The standard InChI is InChI=1S/C13H25NO/c1-3-4-5-7-10-13(2)15-12-9-6-8-11-14/h13H,3-10,12H2,1-2H3. The molecule has 0 aromatic rings. The topological polar surface area (TPSA) is 33.0 Å². The molecule has 0 rings (SSSR count). The molecule has 0 aliphatic heterocycles. The molecular weight excluding hydrogens is 186 g/mol. The predicted octanol–water partition coefficient (Wildman–Crippen LogP) is 4.06. The third-order valence-electron chi connectivity index (χ3n) is 2.55. The van der Waals surface area contributed by atoms with Crippen molar-refractivity contribution in [1.82, 2.24) is 0 Å². The first-order chi connectivity index (χ1) is 7.31. The van der Waals surface area contributed by atoms with E-state index in [1.54, 1.807) is 0 Å². The predicted molar refractivity (Wildman–Crippen MR) is 63.6 cm³/mol. The molecule has 2 nitrogen and oxygen atoms in total. The van der Waals surface area contributed by atoms with Crippen LogP contribution in [0.2, 0.25) is 0 Å². The van der Waals surface area contributed by atoms with Gasteiger partial charge in [-0.15, -0.1) is 0 Å². The SMILES string of the molecule is CCCCCCC(C)OCCCCC#N. The summed E-state index contributed by atoms with van der Waals surface area (Å²) >= 11 is 0. The van der Waals surface area contributed by atoms with E-state index in [-0.39, 0.29) is 0 Å². The average molecular weight is 211 g/mol. The molecule has 0 N–H and O–H groups in total. The Morgan fingerprint density at radius 3 is 2.60 bits per heavy atom. The van der Waals surface area contributed by atoms with Gasteiger partial charge >= 0.3 is 0 Å². The highest BCUT2D eigenvalue weighted by Gasteiger charge is 2.01. The number of unbranched alkanes of at least 4 members (excludes halogenated alkanes) is 5. The highest BCUT2D eigenvalue weighted by Crippen LogP contribution is 2.08. The fourth-order valence-corrected chi connectivity index (χ4v) is 1.53. The fourth-order valence-electron chi connectivity index (χ4n) is 1.53. The Kier molecular flexibility index (Phi) is 11.1. The molecule has 0 amide bonds. The van der Waals surface area contributed by atoms with Gasteiger partial charge in [0.05, 0.1) is 12.2 Å². The highest BCUT2D eigenvalue weighted by molar-refractivity contribution is 4.67. The van der Waals surface area contributed by atoms with E-state index in [1.165, 1.54) is 32.1 Å². The van der Waals surface area contributed by atoms with Crippen molar-refractivity contribution >= 4 is 0 Å². The van der Waals surface area contributed by atoms with Gasteiger partial charge in [0.15, 0.2) is 0 Å². The molecular formula is C13H25NO. The molecule has 0 heterocycles. The molecule has 0 radical (unpaired) electrons. The van der Waals surface area contributed by atoms with Crippen molar-refractivity contribution in [1.29, 1.82) is 5.26 Å². The minimum Gasteiger partial charge on any atom is -0.379 e. The van der Waals surface area contributed by atoms with Crippen molar-refractivity contribution < 1.29 is 4.74 Å². The van der Waals surface area contributed by atoms with Crippen LogP contribution in [0, 0.1) is 11.3 Å². The van der Waals surface area contributed by atoms with Crippen LogP contribution in [0.4, 0.5) is 0 Å². The van der Waals surface area contributed by atoms with E-state index in [0.29, 0.717) is 12.5 Å². The van der Waals surface area contributed by atoms with Crippen molar-refractivity contribution in [2.75, 3.05) is 6.61 Å². The number of hydrogen-bond donors (Lipinski definition) is 0. The summed E-state index contributed by atoms with van der Waals surface area (Å²) in [6, 6.07) is 2.15. The quantitative estimate of drug-likeness (QED) is 0.511. The van der Waals surface area contributed by atoms with E-state index in [9.17, 15) is 0 Å². The second-order valence-electron chi connectivity index (χ2n) is 4.15. The van der Waals surface area contributed by atoms with Gasteiger partial charge in [0.25, 0.3) is 0 Å². The summed E-state index contributed by atoms with van der Waals surface area (Å²) in [6.07, 6.45) is 9.48. The van der Waals surface area contributed by atoms with Crippen LogP contribution >= 0.6 is 0 Å². The van der Waals surface area contributed by atoms with E-state index in [0.717, 1.165) is 19.4 Å². The zero-order valence-corrected chi connectivity index (χ0v) is 10.3. The van der Waals surface area contributed by atoms with Gasteiger partial charge in [0.2, 0.25) is 0 Å². The van der Waals surface area contributed by atoms with E-state index in [2.05, 4.69) is 19.9 Å². The van der Waals surface area contributed by atoms with E-state index in [1.807, 2.05) is 0 Å². The smallest absolute Gasteiger partial charge is 0.0621 e. The molecule has 0 aromatic heterocycles. The molecule has 0 saturated carbocycles. The maximum Gasteiger partial charge on any atom is 0.0621 e. The number of rotatable bonds is 10. The van der Waals surface area contributed by atoms with Crippen LogP contribution in [0.25, 0.3) is 0 Å². The number of hydrogen-bond acceptors (Lipinski definition) is 2. The van der Waals surface area contributed by atoms with E-state index in [4.69, 9.17) is 10.00 Å². The minimum absolute atomic E-state index is 0.393. The second-order valence-corrected chi connectivity index (χ2v) is 4.15. The molecule has 0 spiro atoms. The molecule has 2 heteroatoms. The highest BCUT2D eigenvalue weighted by atomic mass is 16.5. The summed E-state index contributed by atoms with van der Waals surface area (Å²) in [4.78, 5) is 0. The number of nitriles is 1. The molecule has 1 unspecified atom stereocenters. The monoisotopic (exact) mass is 211 g/mol. The van der Waals surface area contributed by atoms with Gasteiger partial charge in [-0.1, -0.05) is 32.6 Å². The van der Waals surface area contributed by atoms with Gasteiger partial charge in [-0.2, -0.15) is 5.26 Å². The molecule has 15 heavy (non-hydrogen) atoms. The Morgan fingerprint density at radius 2 is 1.93 bits per heavy atom. The van der Waals surface area contributed by atoms with Crippen LogP contribution < -0.4 is 0 Å². The fraction of sp³-hybridized carbons (Fsp3) is 0.923. The van der Waals surface area contributed by atoms with Gasteiger partial charge in [0, 0.05) is 13.0 Å². The molecule has 0 bridgehead atoms. The Labute approximate surface area is 94.6 Å². The Balaban J connectivity index is 3.12. The molecule has 0 aromatic carbocycles. The van der Waals surface area contributed by atoms with Crippen molar-refractivity contribution in [2.45, 2.75) is 71.3 Å². The first-order valence-electron chi connectivity index (χ1n) is 6.29. The Bertz CT molecular complexity index is 162. The molecule has 0 aliphatic carbocycles. The average Bonchev–Trinajstić information content (AvgIpc) is 2.24. The molecule has 0 fully saturated rings. The Morgan fingerprint density at radius 1 is 1.13 bits per heavy atom. The first-order valence-corrected chi connectivity index (χ1v) is 6.29. The van der Waals surface area contributed by atoms with Crippen molar-refractivity contribution in [3.63, 3.8) is 0 Å². The van der Waals surface area contributed by atoms with Crippen LogP contribution in [0.5, 0.6) is 0 Å². The van der Waals surface area contributed by atoms with Crippen LogP contribution in [0.15, 0.2) is 0 Å². The third-order valence-corrected chi connectivity index (χ3v) is 2.55. The number of ether oxygens (including phenoxy) is 1. The second kappa shape index (κ2) is 11.5. The van der Waals surface area contributed by atoms with Crippen LogP contribution in [0.3, 0.4) is 0 Å². The van der Waals surface area contributed by atoms with Gasteiger partial charge < -0.3 is 4.74 Å². The molecule has 0 aliphatic rings. The summed E-state index contributed by atoms with van der Waals surface area (Å²) in [5.41, 5.74) is 0. The zero-order chi connectivity index (χ0) is 11.4. The summed E-state index contributed by atoms with van der Waals surface area (Å²) in [5.74, 6) is 0. The van der Waals surface area contributed by atoms with Crippen LogP contribution in [-0.4, -0.2) is 12.7 Å². The molecule has 88 valence electrons. The molecule has 0 saturated heterocycles. The van der Waals surface area contributed by atoms with Gasteiger partial charge in [-0.05, 0) is 26.2 Å². The lowest BCUT2D eigenvalue weighted by molar-refractivity contribution is 0.0562. The van der Waals surface area contributed by atoms with Crippen molar-refractivity contribution in [2.24, 2.45) is 0 Å². The van der Waals surface area contributed by atoms with Crippen molar-refractivity contribution in [3.05, 3.63) is 0 Å². The summed E-state index contributed by atoms with van der Waals surface area (Å²) < 4.78 is 5.66. The van der Waals surface area contributed by atoms with E-state index >= 15 is 0 Å². The molecule has 1 atom stereocenters. The van der Waals surface area contributed by atoms with Gasteiger partial charge in [-0.3, -0.25) is 0 Å². The van der Waals surface area contributed by atoms with Crippen molar-refractivity contribution in [3.8, 4) is 6.07 Å². The summed E-state index contributed by atoms with van der Waals surface area (Å²) in [6.45, 7) is 5.20. The summed E-state index contributed by atoms with van der Waals surface area (Å²) in [5, 5.41) is 8.35. The first kappa shape index (κ1) is 14.5. The minimum atomic E-state index is 0.393. The maximum absolute atomic E-state index is 8.35. The third kappa shape index (κ3) is 11.4. The number of nitrogens with zero attached hydrogens (tertiary/aromatic N) is 1. The van der Waals surface area contributed by atoms with Gasteiger partial charge in [-0.25, -0.2) is 0 Å². The lowest BCUT2D eigenvalue weighted by Gasteiger charge is -2.12. The Hall–Kier alpha value is -0.550. The lowest BCUT2D eigenvalue weighted by atomic mass is 10.1. The summed E-state index contributed by atoms with van der Waals surface area (Å²) in [7, 11) is 0. The van der Waals surface area contributed by atoms with Crippen LogP contribution in [0.1, 0.15) is 65.2 Å². The van der Waals surface area contributed by atoms with Gasteiger partial charge in [0.1, 0.15) is 0 Å². The largest absolute Gasteiger partial charge is 0.379 e. The zero-order valence-electron chi connectivity index (χ0n) is 10.3. The lowest BCUT2D eigenvalue weighted by Crippen LogP contribution is -2.09. The van der Waals surface area contributed by atoms with E-state index < -0.39 is 0 Å². The van der Waals surface area contributed by atoms with Crippen LogP contribution in [-0.2, 0) is 4.74 Å². The normalized spacial score (nSPS) is 12.3.